The molecule has 80 valence electrons. The molecule has 1 aromatic rings. The van der Waals surface area contributed by atoms with E-state index >= 15 is 0 Å². The lowest BCUT2D eigenvalue weighted by Crippen LogP contribution is -2.01. The second-order valence-corrected chi connectivity index (χ2v) is 4.87. The van der Waals surface area contributed by atoms with Gasteiger partial charge in [0, 0.05) is 9.37 Å². The predicted molar refractivity (Wildman–Crippen MR) is 62.5 cm³/mol. The molecule has 3 nitrogen and oxygen atoms in total. The molecule has 0 saturated heterocycles. The second-order valence-electron chi connectivity index (χ2n) is 2.94. The minimum absolute atomic E-state index is 0.0271. The van der Waals surface area contributed by atoms with Crippen LogP contribution >= 0.6 is 27.7 Å². The number of ketones is 1. The summed E-state index contributed by atoms with van der Waals surface area (Å²) in [5.41, 5.74) is 0.218. The fraction of sp³-hybridized carbons (Fsp3) is 0.200. The van der Waals surface area contributed by atoms with Gasteiger partial charge in [-0.1, -0.05) is 15.9 Å². The molecule has 0 saturated carbocycles. The highest BCUT2D eigenvalue weighted by molar-refractivity contribution is 9.10. The van der Waals surface area contributed by atoms with E-state index in [4.69, 9.17) is 5.11 Å². The molecule has 1 aromatic carbocycles. The first kappa shape index (κ1) is 12.3. The summed E-state index contributed by atoms with van der Waals surface area (Å²) in [6.07, 6.45) is 0. The van der Waals surface area contributed by atoms with Gasteiger partial charge >= 0.3 is 5.97 Å². The van der Waals surface area contributed by atoms with Crippen LogP contribution in [0.1, 0.15) is 17.3 Å². The molecule has 0 radical (unpaired) electrons. The first-order valence-electron chi connectivity index (χ1n) is 4.16. The molecule has 1 N–H and O–H groups in total. The Balaban J connectivity index is 2.95. The van der Waals surface area contributed by atoms with Crippen molar-refractivity contribution in [1.82, 2.24) is 0 Å². The molecule has 0 aliphatic rings. The van der Waals surface area contributed by atoms with Crippen LogP contribution in [0.4, 0.5) is 0 Å². The van der Waals surface area contributed by atoms with Crippen molar-refractivity contribution in [3.8, 4) is 0 Å². The number of hydrogen-bond donors (Lipinski definition) is 1. The molecule has 0 bridgehead atoms. The number of thioether (sulfide) groups is 1. The third-order valence-corrected chi connectivity index (χ3v) is 3.31. The van der Waals surface area contributed by atoms with Gasteiger partial charge in [0.1, 0.15) is 5.78 Å². The van der Waals surface area contributed by atoms with Crippen LogP contribution in [0.2, 0.25) is 0 Å². The van der Waals surface area contributed by atoms with E-state index in [9.17, 15) is 9.59 Å². The number of carboxylic acids is 1. The van der Waals surface area contributed by atoms with E-state index < -0.39 is 5.97 Å². The van der Waals surface area contributed by atoms with Gasteiger partial charge in [-0.3, -0.25) is 4.79 Å². The molecule has 1 rings (SSSR count). The van der Waals surface area contributed by atoms with Crippen LogP contribution < -0.4 is 0 Å². The minimum Gasteiger partial charge on any atom is -0.478 e. The molecule has 0 aliphatic carbocycles. The maximum atomic E-state index is 10.9. The summed E-state index contributed by atoms with van der Waals surface area (Å²) < 4.78 is 0.715. The Kier molecular flexibility index (Phi) is 4.35. The summed E-state index contributed by atoms with van der Waals surface area (Å²) in [5.74, 6) is -0.663. The van der Waals surface area contributed by atoms with E-state index in [1.807, 2.05) is 0 Å². The number of Topliss-reactive ketones (excluding diaryl/α,β-unsaturated/α-hetero) is 1. The van der Waals surface area contributed by atoms with E-state index in [2.05, 4.69) is 15.9 Å². The molecule has 0 heterocycles. The number of rotatable bonds is 4. The van der Waals surface area contributed by atoms with Crippen molar-refractivity contribution in [3.05, 3.63) is 28.2 Å². The third kappa shape index (κ3) is 3.68. The Morgan fingerprint density at radius 1 is 1.47 bits per heavy atom. The molecule has 5 heteroatoms. The smallest absolute Gasteiger partial charge is 0.336 e. The van der Waals surface area contributed by atoms with Crippen LogP contribution in [0.5, 0.6) is 0 Å². The first-order chi connectivity index (χ1) is 7.00. The van der Waals surface area contributed by atoms with Crippen molar-refractivity contribution in [1.29, 1.82) is 0 Å². The monoisotopic (exact) mass is 288 g/mol. The number of carboxylic acid groups (broad SMARTS) is 1. The lowest BCUT2D eigenvalue weighted by molar-refractivity contribution is -0.114. The molecule has 0 unspecified atom stereocenters. The maximum absolute atomic E-state index is 10.9. The van der Waals surface area contributed by atoms with E-state index in [1.54, 1.807) is 12.1 Å². The number of hydrogen-bond acceptors (Lipinski definition) is 3. The summed E-state index contributed by atoms with van der Waals surface area (Å²) >= 11 is 4.45. The lowest BCUT2D eigenvalue weighted by atomic mass is 10.2. The Hall–Kier alpha value is -0.810. The van der Waals surface area contributed by atoms with Gasteiger partial charge in [0.25, 0.3) is 0 Å². The van der Waals surface area contributed by atoms with Crippen LogP contribution in [0, 0.1) is 0 Å². The molecule has 15 heavy (non-hydrogen) atoms. The van der Waals surface area contributed by atoms with Crippen molar-refractivity contribution in [2.45, 2.75) is 11.8 Å². The van der Waals surface area contributed by atoms with Crippen molar-refractivity contribution in [2.75, 3.05) is 5.75 Å². The Morgan fingerprint density at radius 3 is 2.67 bits per heavy atom. The zero-order valence-corrected chi connectivity index (χ0v) is 10.4. The third-order valence-electron chi connectivity index (χ3n) is 1.60. The number of benzene rings is 1. The fourth-order valence-corrected chi connectivity index (χ4v) is 2.16. The molecule has 0 aliphatic heterocycles. The quantitative estimate of drug-likeness (QED) is 0.866. The summed E-state index contributed by atoms with van der Waals surface area (Å²) in [7, 11) is 0. The second kappa shape index (κ2) is 5.32. The van der Waals surface area contributed by atoms with Gasteiger partial charge in [-0.15, -0.1) is 11.8 Å². The van der Waals surface area contributed by atoms with Gasteiger partial charge in [0.05, 0.1) is 11.3 Å². The highest BCUT2D eigenvalue weighted by Gasteiger charge is 2.11. The van der Waals surface area contributed by atoms with Gasteiger partial charge in [0.15, 0.2) is 0 Å². The van der Waals surface area contributed by atoms with E-state index in [0.717, 1.165) is 0 Å². The molecular weight excluding hydrogens is 280 g/mol. The van der Waals surface area contributed by atoms with E-state index in [0.29, 0.717) is 15.1 Å². The standard InChI is InChI=1S/C10H9BrO3S/c1-6(12)5-15-9-3-2-7(11)4-8(9)10(13)14/h2-4H,5H2,1H3,(H,13,14). The average molecular weight is 289 g/mol. The van der Waals surface area contributed by atoms with E-state index in [-0.39, 0.29) is 11.3 Å². The zero-order chi connectivity index (χ0) is 11.4. The average Bonchev–Trinajstić information content (AvgIpc) is 2.15. The Bertz CT molecular complexity index is 404. The van der Waals surface area contributed by atoms with Crippen LogP contribution in [0.25, 0.3) is 0 Å². The van der Waals surface area contributed by atoms with Crippen LogP contribution in [0.3, 0.4) is 0 Å². The Labute approximate surface area is 100.0 Å². The lowest BCUT2D eigenvalue weighted by Gasteiger charge is -2.04. The summed E-state index contributed by atoms with van der Waals surface area (Å²) in [6, 6.07) is 4.99. The van der Waals surface area contributed by atoms with Gasteiger partial charge in [-0.25, -0.2) is 4.79 Å². The van der Waals surface area contributed by atoms with Crippen LogP contribution in [-0.4, -0.2) is 22.6 Å². The summed E-state index contributed by atoms with van der Waals surface area (Å²) in [5, 5.41) is 8.94. The van der Waals surface area contributed by atoms with Crippen molar-refractivity contribution >= 4 is 39.4 Å². The van der Waals surface area contributed by atoms with E-state index in [1.165, 1.54) is 24.8 Å². The molecule has 0 fully saturated rings. The van der Waals surface area contributed by atoms with Gasteiger partial charge in [0.2, 0.25) is 0 Å². The number of carbonyl (C=O) groups is 2. The van der Waals surface area contributed by atoms with Gasteiger partial charge < -0.3 is 5.11 Å². The highest BCUT2D eigenvalue weighted by Crippen LogP contribution is 2.25. The summed E-state index contributed by atoms with van der Waals surface area (Å²) in [4.78, 5) is 22.3. The molecule has 0 amide bonds. The van der Waals surface area contributed by atoms with Gasteiger partial charge in [-0.2, -0.15) is 0 Å². The number of halogens is 1. The van der Waals surface area contributed by atoms with Crippen LogP contribution in [0.15, 0.2) is 27.6 Å². The highest BCUT2D eigenvalue weighted by atomic mass is 79.9. The van der Waals surface area contributed by atoms with Gasteiger partial charge in [-0.05, 0) is 25.1 Å². The summed E-state index contributed by atoms with van der Waals surface area (Å²) in [6.45, 7) is 1.48. The molecule has 0 aromatic heterocycles. The van der Waals surface area contributed by atoms with Crippen LogP contribution in [-0.2, 0) is 4.79 Å². The van der Waals surface area contributed by atoms with Crippen molar-refractivity contribution in [2.24, 2.45) is 0 Å². The number of carbonyl (C=O) groups excluding carboxylic acids is 1. The first-order valence-corrected chi connectivity index (χ1v) is 5.93. The molecule has 0 spiro atoms. The fourth-order valence-electron chi connectivity index (χ4n) is 0.975. The Morgan fingerprint density at radius 2 is 2.13 bits per heavy atom. The molecular formula is C10H9BrO3S. The SMILES string of the molecule is CC(=O)CSc1ccc(Br)cc1C(=O)O. The molecule has 0 atom stereocenters. The van der Waals surface area contributed by atoms with Crippen molar-refractivity contribution < 1.29 is 14.7 Å². The normalized spacial score (nSPS) is 10.0. The predicted octanol–water partition coefficient (Wildman–Crippen LogP) is 2.83. The number of aromatic carboxylic acids is 1. The van der Waals surface area contributed by atoms with Crippen molar-refractivity contribution in [3.63, 3.8) is 0 Å². The maximum Gasteiger partial charge on any atom is 0.336 e. The topological polar surface area (TPSA) is 54.4 Å². The zero-order valence-electron chi connectivity index (χ0n) is 7.99. The largest absolute Gasteiger partial charge is 0.478 e. The minimum atomic E-state index is -0.984.